The van der Waals surface area contributed by atoms with E-state index in [1.165, 1.54) is 0 Å². The van der Waals surface area contributed by atoms with Crippen LogP contribution < -0.4 is 9.47 Å². The number of likely N-dealkylation sites (tertiary alicyclic amines) is 1. The van der Waals surface area contributed by atoms with Gasteiger partial charge in [0.05, 0.1) is 13.7 Å². The molecule has 1 aliphatic rings. The second-order valence-corrected chi connectivity index (χ2v) is 6.70. The Kier molecular flexibility index (Phi) is 4.91. The third-order valence-corrected chi connectivity index (χ3v) is 4.79. The minimum Gasteiger partial charge on any atom is -0.497 e. The summed E-state index contributed by atoms with van der Waals surface area (Å²) in [5.74, 6) is 2.34. The number of amides is 1. The molecule has 0 bridgehead atoms. The summed E-state index contributed by atoms with van der Waals surface area (Å²) >= 11 is 0. The monoisotopic (exact) mass is 366 g/mol. The molecule has 4 rings (SSSR count). The molecule has 7 nitrogen and oxygen atoms in total. The van der Waals surface area contributed by atoms with Crippen LogP contribution in [0, 0.1) is 5.92 Å². The molecule has 0 saturated carbocycles. The SMILES string of the molecule is COc1cccc(OC[C@@H]2CCCN(C(=O)c3cn4cccnc4n3)C2)c1. The molecule has 27 heavy (non-hydrogen) atoms. The standard InChI is InChI=1S/C20H22N4O3/c1-26-16-6-2-7-17(11-16)27-14-15-5-3-9-23(12-15)19(25)18-13-24-10-4-8-21-20(24)22-18/h2,4,6-8,10-11,13,15H,3,5,9,12,14H2,1H3/t15-/m1/s1. The summed E-state index contributed by atoms with van der Waals surface area (Å²) in [5.41, 5.74) is 0.433. The van der Waals surface area contributed by atoms with Crippen LogP contribution in [0.15, 0.2) is 48.9 Å². The van der Waals surface area contributed by atoms with E-state index in [1.54, 1.807) is 23.9 Å². The first kappa shape index (κ1) is 17.3. The van der Waals surface area contributed by atoms with Crippen molar-refractivity contribution >= 4 is 11.7 Å². The van der Waals surface area contributed by atoms with E-state index in [-0.39, 0.29) is 5.91 Å². The Labute approximate surface area is 157 Å². The van der Waals surface area contributed by atoms with Crippen molar-refractivity contribution in [1.82, 2.24) is 19.3 Å². The first-order chi connectivity index (χ1) is 13.2. The van der Waals surface area contributed by atoms with Gasteiger partial charge in [-0.15, -0.1) is 0 Å². The zero-order valence-corrected chi connectivity index (χ0v) is 15.2. The van der Waals surface area contributed by atoms with E-state index in [0.29, 0.717) is 30.5 Å². The topological polar surface area (TPSA) is 69.0 Å². The van der Waals surface area contributed by atoms with E-state index in [0.717, 1.165) is 30.9 Å². The van der Waals surface area contributed by atoms with Gasteiger partial charge in [-0.05, 0) is 31.0 Å². The van der Waals surface area contributed by atoms with Gasteiger partial charge in [-0.2, -0.15) is 0 Å². The van der Waals surface area contributed by atoms with E-state index >= 15 is 0 Å². The zero-order chi connectivity index (χ0) is 18.6. The molecule has 3 heterocycles. The molecule has 0 unspecified atom stereocenters. The van der Waals surface area contributed by atoms with E-state index in [4.69, 9.17) is 9.47 Å². The molecule has 0 radical (unpaired) electrons. The third-order valence-electron chi connectivity index (χ3n) is 4.79. The van der Waals surface area contributed by atoms with Gasteiger partial charge in [0.2, 0.25) is 5.78 Å². The molecule has 3 aromatic rings. The van der Waals surface area contributed by atoms with Gasteiger partial charge < -0.3 is 14.4 Å². The molecule has 0 spiro atoms. The fraction of sp³-hybridized carbons (Fsp3) is 0.350. The Hall–Kier alpha value is -3.09. The van der Waals surface area contributed by atoms with Crippen LogP contribution in [0.1, 0.15) is 23.3 Å². The predicted molar refractivity (Wildman–Crippen MR) is 100 cm³/mol. The highest BCUT2D eigenvalue weighted by Gasteiger charge is 2.26. The summed E-state index contributed by atoms with van der Waals surface area (Å²) in [4.78, 5) is 23.2. The number of ether oxygens (including phenoxy) is 2. The van der Waals surface area contributed by atoms with Crippen molar-refractivity contribution in [2.45, 2.75) is 12.8 Å². The van der Waals surface area contributed by atoms with Crippen molar-refractivity contribution in [3.05, 3.63) is 54.6 Å². The van der Waals surface area contributed by atoms with Gasteiger partial charge in [-0.3, -0.25) is 9.20 Å². The molecular formula is C20H22N4O3. The largest absolute Gasteiger partial charge is 0.497 e. The summed E-state index contributed by atoms with van der Waals surface area (Å²) < 4.78 is 12.9. The molecule has 0 N–H and O–H groups in total. The van der Waals surface area contributed by atoms with Gasteiger partial charge in [0.1, 0.15) is 17.2 Å². The number of carbonyl (C=O) groups is 1. The van der Waals surface area contributed by atoms with Crippen molar-refractivity contribution in [2.75, 3.05) is 26.8 Å². The molecule has 1 aliphatic heterocycles. The maximum atomic E-state index is 12.8. The number of methoxy groups -OCH3 is 1. The van der Waals surface area contributed by atoms with Gasteiger partial charge in [0, 0.05) is 43.7 Å². The van der Waals surface area contributed by atoms with Crippen molar-refractivity contribution in [3.63, 3.8) is 0 Å². The van der Waals surface area contributed by atoms with Crippen LogP contribution in [0.2, 0.25) is 0 Å². The number of carbonyl (C=O) groups excluding carboxylic acids is 1. The van der Waals surface area contributed by atoms with Gasteiger partial charge >= 0.3 is 0 Å². The lowest BCUT2D eigenvalue weighted by atomic mass is 9.98. The molecule has 140 valence electrons. The number of piperidine rings is 1. The molecule has 1 saturated heterocycles. The minimum absolute atomic E-state index is 0.0495. The van der Waals surface area contributed by atoms with Crippen molar-refractivity contribution in [1.29, 1.82) is 0 Å². The van der Waals surface area contributed by atoms with Gasteiger partial charge in [-0.1, -0.05) is 6.07 Å². The highest BCUT2D eigenvalue weighted by atomic mass is 16.5. The van der Waals surface area contributed by atoms with Gasteiger partial charge in [-0.25, -0.2) is 9.97 Å². The second-order valence-electron chi connectivity index (χ2n) is 6.70. The van der Waals surface area contributed by atoms with Crippen LogP contribution in [0.5, 0.6) is 11.5 Å². The maximum absolute atomic E-state index is 12.8. The summed E-state index contributed by atoms with van der Waals surface area (Å²) in [5, 5.41) is 0. The van der Waals surface area contributed by atoms with Crippen molar-refractivity contribution < 1.29 is 14.3 Å². The van der Waals surface area contributed by atoms with Gasteiger partial charge in [0.25, 0.3) is 5.91 Å². The van der Waals surface area contributed by atoms with Crippen LogP contribution in [0.3, 0.4) is 0 Å². The molecule has 1 atom stereocenters. The number of imidazole rings is 1. The van der Waals surface area contributed by atoms with Crippen LogP contribution in [0.25, 0.3) is 5.78 Å². The predicted octanol–water partition coefficient (Wildman–Crippen LogP) is 2.67. The summed E-state index contributed by atoms with van der Waals surface area (Å²) in [7, 11) is 1.64. The highest BCUT2D eigenvalue weighted by molar-refractivity contribution is 5.92. The number of rotatable bonds is 5. The number of hydrogen-bond donors (Lipinski definition) is 0. The number of aromatic nitrogens is 3. The van der Waals surface area contributed by atoms with E-state index in [2.05, 4.69) is 9.97 Å². The molecular weight excluding hydrogens is 344 g/mol. The molecule has 7 heteroatoms. The fourth-order valence-electron chi connectivity index (χ4n) is 3.39. The van der Waals surface area contributed by atoms with E-state index < -0.39 is 0 Å². The Balaban J connectivity index is 1.39. The zero-order valence-electron chi connectivity index (χ0n) is 15.2. The average molecular weight is 366 g/mol. The third kappa shape index (κ3) is 3.86. The summed E-state index contributed by atoms with van der Waals surface area (Å²) in [6, 6.07) is 9.39. The van der Waals surface area contributed by atoms with Crippen LogP contribution in [-0.4, -0.2) is 52.0 Å². The first-order valence-corrected chi connectivity index (χ1v) is 9.09. The quantitative estimate of drug-likeness (QED) is 0.694. The number of hydrogen-bond acceptors (Lipinski definition) is 5. The summed E-state index contributed by atoms with van der Waals surface area (Å²) in [6.45, 7) is 1.99. The average Bonchev–Trinajstić information content (AvgIpc) is 3.16. The van der Waals surface area contributed by atoms with Crippen molar-refractivity contribution in [2.24, 2.45) is 5.92 Å². The normalized spacial score (nSPS) is 17.1. The molecule has 1 amide bonds. The Morgan fingerprint density at radius 3 is 3.04 bits per heavy atom. The van der Waals surface area contributed by atoms with Crippen LogP contribution >= 0.6 is 0 Å². The lowest BCUT2D eigenvalue weighted by Crippen LogP contribution is -2.41. The van der Waals surface area contributed by atoms with Gasteiger partial charge in [0.15, 0.2) is 0 Å². The van der Waals surface area contributed by atoms with E-state index in [1.807, 2.05) is 41.4 Å². The number of benzene rings is 1. The summed E-state index contributed by atoms with van der Waals surface area (Å²) in [6.07, 6.45) is 7.25. The second kappa shape index (κ2) is 7.65. The number of fused-ring (bicyclic) bond motifs is 1. The minimum atomic E-state index is -0.0495. The number of nitrogens with zero attached hydrogens (tertiary/aromatic N) is 4. The lowest BCUT2D eigenvalue weighted by molar-refractivity contribution is 0.0628. The lowest BCUT2D eigenvalue weighted by Gasteiger charge is -2.32. The first-order valence-electron chi connectivity index (χ1n) is 9.09. The highest BCUT2D eigenvalue weighted by Crippen LogP contribution is 2.23. The Morgan fingerprint density at radius 1 is 1.30 bits per heavy atom. The van der Waals surface area contributed by atoms with Crippen molar-refractivity contribution in [3.8, 4) is 11.5 Å². The maximum Gasteiger partial charge on any atom is 0.274 e. The molecule has 2 aromatic heterocycles. The Bertz CT molecular complexity index is 907. The molecule has 0 aliphatic carbocycles. The fourth-order valence-corrected chi connectivity index (χ4v) is 3.39. The molecule has 1 aromatic carbocycles. The van der Waals surface area contributed by atoms with Crippen LogP contribution in [0.4, 0.5) is 0 Å². The molecule has 1 fully saturated rings. The van der Waals surface area contributed by atoms with Crippen LogP contribution in [-0.2, 0) is 0 Å². The van der Waals surface area contributed by atoms with E-state index in [9.17, 15) is 4.79 Å². The smallest absolute Gasteiger partial charge is 0.274 e. The Morgan fingerprint density at radius 2 is 2.19 bits per heavy atom.